The SMILES string of the molecule is N#Cc1ccncc1NCc1ccc2c(c1)OCO2. The number of hydrogen-bond acceptors (Lipinski definition) is 5. The number of benzene rings is 1. The molecule has 19 heavy (non-hydrogen) atoms. The fourth-order valence-corrected chi connectivity index (χ4v) is 1.88. The first-order chi connectivity index (χ1) is 9.36. The number of aromatic nitrogens is 1. The normalized spacial score (nSPS) is 11.9. The van der Waals surface area contributed by atoms with Gasteiger partial charge in [0, 0.05) is 12.7 Å². The Morgan fingerprint density at radius 3 is 3.05 bits per heavy atom. The molecule has 0 saturated heterocycles. The van der Waals surface area contributed by atoms with Gasteiger partial charge in [0.05, 0.1) is 17.4 Å². The zero-order valence-corrected chi connectivity index (χ0v) is 10.1. The van der Waals surface area contributed by atoms with Gasteiger partial charge in [0.15, 0.2) is 11.5 Å². The van der Waals surface area contributed by atoms with Gasteiger partial charge in [-0.05, 0) is 23.8 Å². The lowest BCUT2D eigenvalue weighted by atomic mass is 10.2. The summed E-state index contributed by atoms with van der Waals surface area (Å²) in [7, 11) is 0. The highest BCUT2D eigenvalue weighted by Gasteiger charge is 2.13. The van der Waals surface area contributed by atoms with Crippen LogP contribution in [0.25, 0.3) is 0 Å². The van der Waals surface area contributed by atoms with Crippen molar-refractivity contribution in [2.75, 3.05) is 12.1 Å². The molecule has 0 spiro atoms. The first-order valence-corrected chi connectivity index (χ1v) is 5.83. The van der Waals surface area contributed by atoms with Gasteiger partial charge in [-0.25, -0.2) is 0 Å². The lowest BCUT2D eigenvalue weighted by molar-refractivity contribution is 0.174. The summed E-state index contributed by atoms with van der Waals surface area (Å²) in [4.78, 5) is 4.01. The molecule has 3 rings (SSSR count). The monoisotopic (exact) mass is 253 g/mol. The van der Waals surface area contributed by atoms with Gasteiger partial charge < -0.3 is 14.8 Å². The number of nitrogens with zero attached hydrogens (tertiary/aromatic N) is 2. The number of fused-ring (bicyclic) bond motifs is 1. The van der Waals surface area contributed by atoms with Crippen LogP contribution in [0.5, 0.6) is 11.5 Å². The van der Waals surface area contributed by atoms with E-state index in [1.54, 1.807) is 18.5 Å². The molecular weight excluding hydrogens is 242 g/mol. The second-order valence-electron chi connectivity index (χ2n) is 4.07. The van der Waals surface area contributed by atoms with Crippen LogP contribution in [0.3, 0.4) is 0 Å². The summed E-state index contributed by atoms with van der Waals surface area (Å²) in [6, 6.07) is 9.58. The average molecular weight is 253 g/mol. The predicted octanol–water partition coefficient (Wildman–Crippen LogP) is 2.29. The molecule has 0 saturated carbocycles. The molecule has 0 amide bonds. The zero-order chi connectivity index (χ0) is 13.1. The third-order valence-corrected chi connectivity index (χ3v) is 2.86. The van der Waals surface area contributed by atoms with E-state index >= 15 is 0 Å². The molecule has 1 aliphatic heterocycles. The van der Waals surface area contributed by atoms with E-state index in [2.05, 4.69) is 16.4 Å². The van der Waals surface area contributed by atoms with Gasteiger partial charge in [0.25, 0.3) is 0 Å². The summed E-state index contributed by atoms with van der Waals surface area (Å²) in [6.45, 7) is 0.865. The van der Waals surface area contributed by atoms with Gasteiger partial charge in [-0.2, -0.15) is 5.26 Å². The van der Waals surface area contributed by atoms with Crippen molar-refractivity contribution in [3.05, 3.63) is 47.8 Å². The molecule has 2 aromatic rings. The number of ether oxygens (including phenoxy) is 2. The summed E-state index contributed by atoms with van der Waals surface area (Å²) in [5.41, 5.74) is 2.36. The van der Waals surface area contributed by atoms with Gasteiger partial charge in [-0.3, -0.25) is 4.98 Å². The van der Waals surface area contributed by atoms with Crippen LogP contribution >= 0.6 is 0 Å². The van der Waals surface area contributed by atoms with Gasteiger partial charge >= 0.3 is 0 Å². The maximum Gasteiger partial charge on any atom is 0.231 e. The van der Waals surface area contributed by atoms with Crippen LogP contribution in [0.15, 0.2) is 36.7 Å². The van der Waals surface area contributed by atoms with Crippen LogP contribution < -0.4 is 14.8 Å². The van der Waals surface area contributed by atoms with Gasteiger partial charge in [-0.1, -0.05) is 6.07 Å². The van der Waals surface area contributed by atoms with Crippen molar-refractivity contribution >= 4 is 5.69 Å². The van der Waals surface area contributed by atoms with Crippen molar-refractivity contribution in [1.82, 2.24) is 4.98 Å². The molecular formula is C14H11N3O2. The summed E-state index contributed by atoms with van der Waals surface area (Å²) in [5.74, 6) is 1.52. The topological polar surface area (TPSA) is 67.2 Å². The molecule has 1 N–H and O–H groups in total. The van der Waals surface area contributed by atoms with Crippen LogP contribution in [0.2, 0.25) is 0 Å². The number of nitriles is 1. The Bertz CT molecular complexity index is 649. The van der Waals surface area contributed by atoms with Gasteiger partial charge in [0.2, 0.25) is 6.79 Å². The molecule has 0 radical (unpaired) electrons. The molecule has 2 heterocycles. The van der Waals surface area contributed by atoms with Crippen molar-refractivity contribution in [2.24, 2.45) is 0 Å². The Labute approximate surface area is 110 Å². The Balaban J connectivity index is 1.74. The Hall–Kier alpha value is -2.74. The number of pyridine rings is 1. The molecule has 0 bridgehead atoms. The Morgan fingerprint density at radius 2 is 2.16 bits per heavy atom. The second-order valence-corrected chi connectivity index (χ2v) is 4.07. The maximum absolute atomic E-state index is 8.99. The van der Waals surface area contributed by atoms with E-state index in [4.69, 9.17) is 14.7 Å². The summed E-state index contributed by atoms with van der Waals surface area (Å²) in [6.07, 6.45) is 3.25. The van der Waals surface area contributed by atoms with Crippen LogP contribution in [-0.4, -0.2) is 11.8 Å². The predicted molar refractivity (Wildman–Crippen MR) is 68.8 cm³/mol. The van der Waals surface area contributed by atoms with Crippen molar-refractivity contribution in [3.63, 3.8) is 0 Å². The van der Waals surface area contributed by atoms with Crippen LogP contribution in [-0.2, 0) is 6.54 Å². The molecule has 1 aliphatic rings. The lowest BCUT2D eigenvalue weighted by Gasteiger charge is -2.08. The molecule has 0 aliphatic carbocycles. The highest BCUT2D eigenvalue weighted by atomic mass is 16.7. The maximum atomic E-state index is 8.99. The second kappa shape index (κ2) is 4.86. The van der Waals surface area contributed by atoms with Crippen molar-refractivity contribution < 1.29 is 9.47 Å². The minimum atomic E-state index is 0.271. The Morgan fingerprint density at radius 1 is 1.26 bits per heavy atom. The zero-order valence-electron chi connectivity index (χ0n) is 10.1. The largest absolute Gasteiger partial charge is 0.454 e. The van der Waals surface area contributed by atoms with Crippen molar-refractivity contribution in [1.29, 1.82) is 5.26 Å². The highest BCUT2D eigenvalue weighted by molar-refractivity contribution is 5.56. The van der Waals surface area contributed by atoms with E-state index in [1.807, 2.05) is 18.2 Å². The first kappa shape index (κ1) is 11.4. The van der Waals surface area contributed by atoms with Gasteiger partial charge in [0.1, 0.15) is 6.07 Å². The molecule has 0 unspecified atom stereocenters. The Kier molecular flexibility index (Phi) is 2.91. The molecule has 5 heteroatoms. The van der Waals surface area contributed by atoms with Crippen molar-refractivity contribution in [2.45, 2.75) is 6.54 Å². The van der Waals surface area contributed by atoms with Crippen molar-refractivity contribution in [3.8, 4) is 17.6 Å². The molecule has 1 aromatic heterocycles. The first-order valence-electron chi connectivity index (χ1n) is 5.83. The number of anilines is 1. The standard InChI is InChI=1S/C14H11N3O2/c15-6-11-3-4-16-8-12(11)17-7-10-1-2-13-14(5-10)19-9-18-13/h1-5,8,17H,7,9H2. The number of nitrogens with one attached hydrogen (secondary N) is 1. The summed E-state index contributed by atoms with van der Waals surface area (Å²) >= 11 is 0. The fraction of sp³-hybridized carbons (Fsp3) is 0.143. The molecule has 0 fully saturated rings. The lowest BCUT2D eigenvalue weighted by Crippen LogP contribution is -2.01. The van der Waals surface area contributed by atoms with Gasteiger partial charge in [-0.15, -0.1) is 0 Å². The number of hydrogen-bond donors (Lipinski definition) is 1. The summed E-state index contributed by atoms with van der Waals surface area (Å²) < 4.78 is 10.6. The number of rotatable bonds is 3. The minimum Gasteiger partial charge on any atom is -0.454 e. The van der Waals surface area contributed by atoms with E-state index in [1.165, 1.54) is 0 Å². The fourth-order valence-electron chi connectivity index (χ4n) is 1.88. The molecule has 5 nitrogen and oxygen atoms in total. The highest BCUT2D eigenvalue weighted by Crippen LogP contribution is 2.32. The smallest absolute Gasteiger partial charge is 0.231 e. The van der Waals surface area contributed by atoms with Crippen LogP contribution in [0.4, 0.5) is 5.69 Å². The third kappa shape index (κ3) is 2.29. The molecule has 94 valence electrons. The van der Waals surface area contributed by atoms with Crippen LogP contribution in [0.1, 0.15) is 11.1 Å². The minimum absolute atomic E-state index is 0.271. The van der Waals surface area contributed by atoms with E-state index < -0.39 is 0 Å². The third-order valence-electron chi connectivity index (χ3n) is 2.86. The molecule has 1 aromatic carbocycles. The average Bonchev–Trinajstić information content (AvgIpc) is 2.93. The van der Waals surface area contributed by atoms with Crippen LogP contribution in [0, 0.1) is 11.3 Å². The molecule has 0 atom stereocenters. The van der Waals surface area contributed by atoms with E-state index in [0.717, 1.165) is 22.7 Å². The van der Waals surface area contributed by atoms with E-state index in [0.29, 0.717) is 12.1 Å². The van der Waals surface area contributed by atoms with E-state index in [9.17, 15) is 0 Å². The summed E-state index contributed by atoms with van der Waals surface area (Å²) in [5, 5.41) is 12.2. The quantitative estimate of drug-likeness (QED) is 0.909. The van der Waals surface area contributed by atoms with E-state index in [-0.39, 0.29) is 6.79 Å².